The minimum absolute atomic E-state index is 0.149. The molecule has 5 nitrogen and oxygen atoms in total. The number of hydrogen-bond acceptors (Lipinski definition) is 4. The van der Waals surface area contributed by atoms with Crippen molar-refractivity contribution < 1.29 is 27.8 Å². The summed E-state index contributed by atoms with van der Waals surface area (Å²) in [5.41, 5.74) is 4.10. The van der Waals surface area contributed by atoms with Crippen LogP contribution in [-0.2, 0) is 4.74 Å². The van der Waals surface area contributed by atoms with E-state index in [0.717, 1.165) is 6.07 Å². The van der Waals surface area contributed by atoms with Gasteiger partial charge < -0.3 is 15.6 Å². The molecule has 0 saturated heterocycles. The number of carbonyl (C=O) groups excluding carboxylic acids is 1. The molecule has 1 amide bonds. The van der Waals surface area contributed by atoms with Crippen LogP contribution in [0.2, 0.25) is 0 Å². The van der Waals surface area contributed by atoms with Gasteiger partial charge in [0.2, 0.25) is 0 Å². The van der Waals surface area contributed by atoms with Crippen molar-refractivity contribution in [3.05, 3.63) is 34.2 Å². The molecule has 1 aromatic heterocycles. The third kappa shape index (κ3) is 4.34. The van der Waals surface area contributed by atoms with Gasteiger partial charge in [-0.05, 0) is 34.5 Å². The normalized spacial score (nSPS) is 11.7. The number of aromatic nitrogens is 1. The van der Waals surface area contributed by atoms with Crippen LogP contribution in [0.1, 0.15) is 12.1 Å². The Hall–Kier alpha value is -1.35. The van der Waals surface area contributed by atoms with Gasteiger partial charge in [0, 0.05) is 0 Å². The number of aliphatic hydroxyl groups excluding tert-OH is 1. The van der Waals surface area contributed by atoms with Gasteiger partial charge in [0.15, 0.2) is 0 Å². The van der Waals surface area contributed by atoms with Gasteiger partial charge >= 0.3 is 6.09 Å². The molecule has 0 spiro atoms. The molecule has 111 valence electrons. The quantitative estimate of drug-likeness (QED) is 0.764. The Morgan fingerprint density at radius 1 is 1.50 bits per heavy atom. The second-order valence-corrected chi connectivity index (χ2v) is 4.54. The summed E-state index contributed by atoms with van der Waals surface area (Å²) in [5.74, 6) is -5.45. The summed E-state index contributed by atoms with van der Waals surface area (Å²) < 4.78 is 45.4. The van der Waals surface area contributed by atoms with Crippen molar-refractivity contribution in [2.75, 3.05) is 13.2 Å². The standard InChI is InChI=1S/C11H11BrF3N2O3/c12-8-2-1-7(13)9(17-8)6(11(14,15)5-18)3-4-20-10(16)19/h1-2,18H,3-5H2,(H2,16,19). The first kappa shape index (κ1) is 16.7. The molecular weight excluding hydrogens is 345 g/mol. The Kier molecular flexibility index (Phi) is 5.75. The Bertz CT molecular complexity index is 488. The first-order valence-corrected chi connectivity index (χ1v) is 6.17. The monoisotopic (exact) mass is 355 g/mol. The molecular formula is C11H11BrF3N2O3. The summed E-state index contributed by atoms with van der Waals surface area (Å²) in [7, 11) is 0. The number of aliphatic hydroxyl groups is 1. The highest BCUT2D eigenvalue weighted by molar-refractivity contribution is 9.10. The zero-order valence-electron chi connectivity index (χ0n) is 10.1. The highest BCUT2D eigenvalue weighted by Gasteiger charge is 2.43. The van der Waals surface area contributed by atoms with E-state index in [4.69, 9.17) is 10.8 Å². The second-order valence-electron chi connectivity index (χ2n) is 3.72. The van der Waals surface area contributed by atoms with Crippen molar-refractivity contribution in [2.45, 2.75) is 12.3 Å². The number of nitrogens with zero attached hydrogens (tertiary/aromatic N) is 1. The molecule has 9 heteroatoms. The van der Waals surface area contributed by atoms with E-state index in [1.165, 1.54) is 6.07 Å². The van der Waals surface area contributed by atoms with Gasteiger partial charge in [0.25, 0.3) is 5.92 Å². The highest BCUT2D eigenvalue weighted by Crippen LogP contribution is 2.35. The molecule has 0 aliphatic heterocycles. The van der Waals surface area contributed by atoms with Crippen LogP contribution in [-0.4, -0.2) is 35.3 Å². The molecule has 0 fully saturated rings. The maximum absolute atomic E-state index is 13.7. The lowest BCUT2D eigenvalue weighted by atomic mass is 9.93. The number of alkyl halides is 2. The van der Waals surface area contributed by atoms with E-state index in [1.807, 2.05) is 0 Å². The molecule has 0 aromatic carbocycles. The summed E-state index contributed by atoms with van der Waals surface area (Å²) >= 11 is 2.94. The predicted molar refractivity (Wildman–Crippen MR) is 66.4 cm³/mol. The second kappa shape index (κ2) is 6.89. The van der Waals surface area contributed by atoms with Crippen molar-refractivity contribution in [3.63, 3.8) is 0 Å². The van der Waals surface area contributed by atoms with Crippen molar-refractivity contribution in [1.29, 1.82) is 0 Å². The molecule has 0 atom stereocenters. The predicted octanol–water partition coefficient (Wildman–Crippen LogP) is 2.02. The van der Waals surface area contributed by atoms with Crippen LogP contribution in [0.3, 0.4) is 0 Å². The Morgan fingerprint density at radius 3 is 2.70 bits per heavy atom. The molecule has 0 aliphatic rings. The van der Waals surface area contributed by atoms with Gasteiger partial charge in [0.1, 0.15) is 22.9 Å². The number of pyridine rings is 1. The SMILES string of the molecule is NC(=O)OCC[C](c1nc(Br)ccc1F)C(F)(F)CO. The highest BCUT2D eigenvalue weighted by atomic mass is 79.9. The van der Waals surface area contributed by atoms with E-state index in [9.17, 15) is 18.0 Å². The third-order valence-corrected chi connectivity index (χ3v) is 2.78. The molecule has 0 unspecified atom stereocenters. The van der Waals surface area contributed by atoms with E-state index >= 15 is 0 Å². The number of halogens is 4. The van der Waals surface area contributed by atoms with Crippen LogP contribution < -0.4 is 5.73 Å². The molecule has 1 radical (unpaired) electrons. The van der Waals surface area contributed by atoms with Gasteiger partial charge in [-0.25, -0.2) is 22.9 Å². The number of carbonyl (C=O) groups is 1. The van der Waals surface area contributed by atoms with Gasteiger partial charge in [-0.15, -0.1) is 0 Å². The van der Waals surface area contributed by atoms with Crippen molar-refractivity contribution in [1.82, 2.24) is 4.98 Å². The fourth-order valence-electron chi connectivity index (χ4n) is 1.45. The fraction of sp³-hybridized carbons (Fsp3) is 0.364. The minimum atomic E-state index is -3.70. The largest absolute Gasteiger partial charge is 0.450 e. The van der Waals surface area contributed by atoms with Gasteiger partial charge in [-0.3, -0.25) is 0 Å². The first-order chi connectivity index (χ1) is 9.27. The van der Waals surface area contributed by atoms with E-state index < -0.39 is 49.1 Å². The van der Waals surface area contributed by atoms with E-state index in [-0.39, 0.29) is 4.60 Å². The molecule has 3 N–H and O–H groups in total. The maximum atomic E-state index is 13.7. The summed E-state index contributed by atoms with van der Waals surface area (Å²) in [6, 6.07) is 2.20. The number of rotatable bonds is 6. The average Bonchev–Trinajstić information content (AvgIpc) is 2.37. The fourth-order valence-corrected chi connectivity index (χ4v) is 1.76. The van der Waals surface area contributed by atoms with Crippen LogP contribution in [0.5, 0.6) is 0 Å². The molecule has 1 rings (SSSR count). The van der Waals surface area contributed by atoms with Crippen LogP contribution in [0, 0.1) is 11.7 Å². The van der Waals surface area contributed by atoms with E-state index in [0.29, 0.717) is 0 Å². The maximum Gasteiger partial charge on any atom is 0.404 e. The lowest BCUT2D eigenvalue weighted by Gasteiger charge is -2.24. The third-order valence-electron chi connectivity index (χ3n) is 2.33. The Morgan fingerprint density at radius 2 is 2.15 bits per heavy atom. The smallest absolute Gasteiger partial charge is 0.404 e. The average molecular weight is 356 g/mol. The number of hydrogen-bond donors (Lipinski definition) is 2. The number of ether oxygens (including phenoxy) is 1. The number of nitrogens with two attached hydrogens (primary N) is 1. The summed E-state index contributed by atoms with van der Waals surface area (Å²) in [6.45, 7) is -2.00. The van der Waals surface area contributed by atoms with Crippen LogP contribution in [0.25, 0.3) is 0 Å². The molecule has 0 aliphatic carbocycles. The zero-order chi connectivity index (χ0) is 15.3. The first-order valence-electron chi connectivity index (χ1n) is 5.37. The number of amides is 1. The Balaban J connectivity index is 3.03. The topological polar surface area (TPSA) is 85.4 Å². The van der Waals surface area contributed by atoms with Gasteiger partial charge in [-0.2, -0.15) is 0 Å². The molecule has 20 heavy (non-hydrogen) atoms. The Labute approximate surface area is 121 Å². The van der Waals surface area contributed by atoms with Crippen LogP contribution in [0.15, 0.2) is 16.7 Å². The van der Waals surface area contributed by atoms with Crippen molar-refractivity contribution in [2.24, 2.45) is 5.73 Å². The van der Waals surface area contributed by atoms with Crippen molar-refractivity contribution in [3.8, 4) is 0 Å². The van der Waals surface area contributed by atoms with Crippen molar-refractivity contribution >= 4 is 22.0 Å². The summed E-state index contributed by atoms with van der Waals surface area (Å²) in [4.78, 5) is 14.0. The minimum Gasteiger partial charge on any atom is -0.450 e. The lowest BCUT2D eigenvalue weighted by molar-refractivity contribution is -0.0380. The zero-order valence-corrected chi connectivity index (χ0v) is 11.7. The van der Waals surface area contributed by atoms with E-state index in [1.54, 1.807) is 0 Å². The van der Waals surface area contributed by atoms with Crippen LogP contribution >= 0.6 is 15.9 Å². The lowest BCUT2D eigenvalue weighted by Crippen LogP contribution is -2.34. The number of primary amides is 1. The summed E-state index contributed by atoms with van der Waals surface area (Å²) in [5, 5.41) is 8.73. The molecule has 0 bridgehead atoms. The van der Waals surface area contributed by atoms with E-state index in [2.05, 4.69) is 25.7 Å². The summed E-state index contributed by atoms with van der Waals surface area (Å²) in [6.07, 6.45) is -1.66. The van der Waals surface area contributed by atoms with Crippen LogP contribution in [0.4, 0.5) is 18.0 Å². The molecule has 1 heterocycles. The van der Waals surface area contributed by atoms with Gasteiger partial charge in [-0.1, -0.05) is 0 Å². The van der Waals surface area contributed by atoms with Gasteiger partial charge in [0.05, 0.1) is 12.3 Å². The molecule has 1 aromatic rings. The molecule has 0 saturated carbocycles.